The molecular formula is C11H13NO. The van der Waals surface area contributed by atoms with Gasteiger partial charge in [-0.3, -0.25) is 9.78 Å². The van der Waals surface area contributed by atoms with E-state index in [2.05, 4.69) is 11.9 Å². The average Bonchev–Trinajstić information content (AvgIpc) is 2.16. The van der Waals surface area contributed by atoms with Gasteiger partial charge in [-0.2, -0.15) is 0 Å². The van der Waals surface area contributed by atoms with Crippen LogP contribution in [0, 0.1) is 5.92 Å². The fourth-order valence-corrected chi connectivity index (χ4v) is 1.88. The maximum absolute atomic E-state index is 10.5. The molecule has 68 valence electrons. The largest absolute Gasteiger partial charge is 0.298 e. The van der Waals surface area contributed by atoms with Crippen LogP contribution in [0.4, 0.5) is 0 Å². The van der Waals surface area contributed by atoms with Crippen LogP contribution >= 0.6 is 0 Å². The second-order valence-corrected chi connectivity index (χ2v) is 3.84. The molecule has 0 saturated heterocycles. The first-order chi connectivity index (χ1) is 6.29. The van der Waals surface area contributed by atoms with Crippen molar-refractivity contribution in [2.75, 3.05) is 0 Å². The molecule has 0 aromatic carbocycles. The quantitative estimate of drug-likeness (QED) is 0.611. The van der Waals surface area contributed by atoms with Crippen molar-refractivity contribution >= 4 is 6.29 Å². The van der Waals surface area contributed by atoms with E-state index >= 15 is 0 Å². The number of aldehydes is 1. The van der Waals surface area contributed by atoms with E-state index in [0.717, 1.165) is 25.0 Å². The lowest BCUT2D eigenvalue weighted by atomic mass is 9.87. The maximum Gasteiger partial charge on any atom is 0.151 e. The van der Waals surface area contributed by atoms with Gasteiger partial charge in [0.1, 0.15) is 0 Å². The lowest BCUT2D eigenvalue weighted by Gasteiger charge is -2.20. The van der Waals surface area contributed by atoms with Gasteiger partial charge in [-0.05, 0) is 36.8 Å². The summed E-state index contributed by atoms with van der Waals surface area (Å²) in [4.78, 5) is 14.8. The van der Waals surface area contributed by atoms with Gasteiger partial charge in [-0.1, -0.05) is 6.92 Å². The minimum atomic E-state index is 0.702. The highest BCUT2D eigenvalue weighted by Crippen LogP contribution is 2.23. The summed E-state index contributed by atoms with van der Waals surface area (Å²) in [5.41, 5.74) is 3.15. The molecule has 2 heteroatoms. The summed E-state index contributed by atoms with van der Waals surface area (Å²) in [5.74, 6) is 0.733. The molecule has 1 unspecified atom stereocenters. The van der Waals surface area contributed by atoms with Crippen LogP contribution in [-0.4, -0.2) is 11.3 Å². The normalized spacial score (nSPS) is 20.8. The summed E-state index contributed by atoms with van der Waals surface area (Å²) in [7, 11) is 0. The lowest BCUT2D eigenvalue weighted by Crippen LogP contribution is -2.13. The van der Waals surface area contributed by atoms with Gasteiger partial charge < -0.3 is 0 Å². The van der Waals surface area contributed by atoms with E-state index in [1.54, 1.807) is 6.20 Å². The zero-order valence-corrected chi connectivity index (χ0v) is 7.79. The van der Waals surface area contributed by atoms with E-state index in [-0.39, 0.29) is 0 Å². The Bertz CT molecular complexity index is 333. The number of hydrogen-bond donors (Lipinski definition) is 0. The van der Waals surface area contributed by atoms with Crippen LogP contribution in [0.2, 0.25) is 0 Å². The van der Waals surface area contributed by atoms with E-state index in [4.69, 9.17) is 0 Å². The third kappa shape index (κ3) is 1.62. The number of aromatic nitrogens is 1. The molecule has 13 heavy (non-hydrogen) atoms. The molecule has 0 radical (unpaired) electrons. The molecule has 1 aromatic rings. The molecule has 2 rings (SSSR count). The van der Waals surface area contributed by atoms with Crippen LogP contribution in [0.3, 0.4) is 0 Å². The van der Waals surface area contributed by atoms with Gasteiger partial charge in [0.05, 0.1) is 0 Å². The summed E-state index contributed by atoms with van der Waals surface area (Å²) in [6, 6.07) is 1.98. The number of fused-ring (bicyclic) bond motifs is 1. The predicted molar refractivity (Wildman–Crippen MR) is 50.8 cm³/mol. The Balaban J connectivity index is 2.38. The highest BCUT2D eigenvalue weighted by molar-refractivity contribution is 5.74. The van der Waals surface area contributed by atoms with E-state index in [0.29, 0.717) is 5.56 Å². The molecule has 0 bridgehead atoms. The third-order valence-electron chi connectivity index (χ3n) is 2.66. The number of aryl methyl sites for hydroxylation is 1. The molecule has 2 nitrogen and oxygen atoms in total. The first-order valence-electron chi connectivity index (χ1n) is 4.72. The summed E-state index contributed by atoms with van der Waals surface area (Å²) < 4.78 is 0. The van der Waals surface area contributed by atoms with Gasteiger partial charge in [0.15, 0.2) is 6.29 Å². The minimum Gasteiger partial charge on any atom is -0.298 e. The number of nitrogens with zero attached hydrogens (tertiary/aromatic N) is 1. The van der Waals surface area contributed by atoms with E-state index in [1.165, 1.54) is 17.7 Å². The van der Waals surface area contributed by atoms with E-state index < -0.39 is 0 Å². The first-order valence-corrected chi connectivity index (χ1v) is 4.72. The van der Waals surface area contributed by atoms with Crippen molar-refractivity contribution in [2.45, 2.75) is 26.2 Å². The van der Waals surface area contributed by atoms with Crippen molar-refractivity contribution in [3.8, 4) is 0 Å². The Morgan fingerprint density at radius 2 is 2.46 bits per heavy atom. The molecule has 1 aromatic heterocycles. The predicted octanol–water partition coefficient (Wildman–Crippen LogP) is 2.02. The Labute approximate surface area is 78.0 Å². The van der Waals surface area contributed by atoms with Crippen molar-refractivity contribution in [1.29, 1.82) is 0 Å². The van der Waals surface area contributed by atoms with Crippen molar-refractivity contribution in [3.05, 3.63) is 29.1 Å². The fraction of sp³-hybridized carbons (Fsp3) is 0.455. The monoisotopic (exact) mass is 175 g/mol. The second kappa shape index (κ2) is 3.29. The van der Waals surface area contributed by atoms with Crippen molar-refractivity contribution in [3.63, 3.8) is 0 Å². The van der Waals surface area contributed by atoms with Gasteiger partial charge in [0.25, 0.3) is 0 Å². The van der Waals surface area contributed by atoms with E-state index in [9.17, 15) is 4.79 Å². The summed E-state index contributed by atoms with van der Waals surface area (Å²) >= 11 is 0. The van der Waals surface area contributed by atoms with Gasteiger partial charge in [-0.15, -0.1) is 0 Å². The summed E-state index contributed by atoms with van der Waals surface area (Å²) in [5, 5.41) is 0. The molecule has 1 aliphatic carbocycles. The zero-order valence-electron chi connectivity index (χ0n) is 7.79. The molecule has 1 heterocycles. The zero-order chi connectivity index (χ0) is 9.26. The number of rotatable bonds is 1. The van der Waals surface area contributed by atoms with Crippen LogP contribution < -0.4 is 0 Å². The van der Waals surface area contributed by atoms with Crippen LogP contribution in [0.25, 0.3) is 0 Å². The molecule has 0 saturated carbocycles. The van der Waals surface area contributed by atoms with Gasteiger partial charge in [0, 0.05) is 17.5 Å². The Morgan fingerprint density at radius 3 is 3.23 bits per heavy atom. The molecule has 0 amide bonds. The number of carbonyl (C=O) groups excluding carboxylic acids is 1. The third-order valence-corrected chi connectivity index (χ3v) is 2.66. The molecule has 1 atom stereocenters. The Kier molecular flexibility index (Phi) is 2.13. The van der Waals surface area contributed by atoms with Crippen LogP contribution in [0.15, 0.2) is 12.3 Å². The Hall–Kier alpha value is -1.18. The molecule has 0 fully saturated rings. The fourth-order valence-electron chi connectivity index (χ4n) is 1.88. The highest BCUT2D eigenvalue weighted by atomic mass is 16.1. The molecule has 1 aliphatic rings. The Morgan fingerprint density at radius 1 is 1.62 bits per heavy atom. The van der Waals surface area contributed by atoms with Gasteiger partial charge >= 0.3 is 0 Å². The first kappa shape index (κ1) is 8.42. The smallest absolute Gasteiger partial charge is 0.151 e. The second-order valence-electron chi connectivity index (χ2n) is 3.84. The molecule has 0 spiro atoms. The maximum atomic E-state index is 10.5. The average molecular weight is 175 g/mol. The minimum absolute atomic E-state index is 0.702. The molecular weight excluding hydrogens is 162 g/mol. The van der Waals surface area contributed by atoms with Crippen LogP contribution in [0.5, 0.6) is 0 Å². The van der Waals surface area contributed by atoms with Crippen molar-refractivity contribution in [1.82, 2.24) is 4.98 Å². The lowest BCUT2D eigenvalue weighted by molar-refractivity contribution is 0.112. The number of carbonyl (C=O) groups is 1. The number of pyridine rings is 1. The van der Waals surface area contributed by atoms with Crippen molar-refractivity contribution in [2.24, 2.45) is 5.92 Å². The SMILES string of the molecule is CC1CCc2ncc(C=O)cc2C1. The van der Waals surface area contributed by atoms with Crippen molar-refractivity contribution < 1.29 is 4.79 Å². The van der Waals surface area contributed by atoms with Gasteiger partial charge in [-0.25, -0.2) is 0 Å². The highest BCUT2D eigenvalue weighted by Gasteiger charge is 2.15. The summed E-state index contributed by atoms with van der Waals surface area (Å²) in [6.45, 7) is 2.25. The molecule has 0 aliphatic heterocycles. The number of hydrogen-bond acceptors (Lipinski definition) is 2. The molecule has 0 N–H and O–H groups in total. The standard InChI is InChI=1S/C11H13NO/c1-8-2-3-11-10(4-8)5-9(7-13)6-12-11/h5-8H,2-4H2,1H3. The van der Waals surface area contributed by atoms with Crippen LogP contribution in [-0.2, 0) is 12.8 Å². The summed E-state index contributed by atoms with van der Waals surface area (Å²) in [6.07, 6.45) is 5.90. The topological polar surface area (TPSA) is 30.0 Å². The van der Waals surface area contributed by atoms with Crippen LogP contribution in [0.1, 0.15) is 35.0 Å². The van der Waals surface area contributed by atoms with E-state index in [1.807, 2.05) is 6.07 Å². The van der Waals surface area contributed by atoms with Gasteiger partial charge in [0.2, 0.25) is 0 Å².